The van der Waals surface area contributed by atoms with Crippen LogP contribution in [0.2, 0.25) is 0 Å². The minimum absolute atomic E-state index is 0.0722. The molecular formula is C33H38N2O13. The molecule has 1 heterocycles. The topological polar surface area (TPSA) is 202 Å². The molecule has 15 nitrogen and oxygen atoms in total. The van der Waals surface area contributed by atoms with Crippen molar-refractivity contribution in [2.75, 3.05) is 13.2 Å². The number of amides is 2. The van der Waals surface area contributed by atoms with Crippen molar-refractivity contribution in [2.45, 2.75) is 83.3 Å². The number of hydrogen-bond donors (Lipinski definition) is 3. The van der Waals surface area contributed by atoms with E-state index in [9.17, 15) is 33.9 Å². The van der Waals surface area contributed by atoms with Gasteiger partial charge in [0, 0.05) is 33.6 Å². The molecule has 3 N–H and O–H groups in total. The Kier molecular flexibility index (Phi) is 11.7. The molecule has 7 atom stereocenters. The van der Waals surface area contributed by atoms with Gasteiger partial charge in [-0.25, -0.2) is 9.59 Å². The monoisotopic (exact) mass is 670 g/mol. The fourth-order valence-electron chi connectivity index (χ4n) is 5.84. The maximum atomic E-state index is 13.0. The molecule has 2 aromatic carbocycles. The van der Waals surface area contributed by atoms with E-state index in [2.05, 4.69) is 10.6 Å². The maximum absolute atomic E-state index is 13.0. The molecular weight excluding hydrogens is 632 g/mol. The summed E-state index contributed by atoms with van der Waals surface area (Å²) in [6.07, 6.45) is -7.98. The Labute approximate surface area is 276 Å². The highest BCUT2D eigenvalue weighted by atomic mass is 16.7. The molecule has 1 aliphatic heterocycles. The minimum atomic E-state index is -1.69. The number of alkyl carbamates (subject to hydrolysis) is 1. The first kappa shape index (κ1) is 35.8. The number of aliphatic carboxylic acids is 1. The highest BCUT2D eigenvalue weighted by molar-refractivity contribution is 5.81. The van der Waals surface area contributed by atoms with Crippen LogP contribution < -0.4 is 10.6 Å². The fraction of sp³-hybridized carbons (Fsp3) is 0.455. The Hall–Kier alpha value is -5.02. The Morgan fingerprint density at radius 2 is 1.35 bits per heavy atom. The molecule has 4 rings (SSSR count). The number of benzene rings is 2. The van der Waals surface area contributed by atoms with Gasteiger partial charge < -0.3 is 44.2 Å². The number of hydrogen-bond acceptors (Lipinski definition) is 12. The molecule has 15 heteroatoms. The second-order valence-electron chi connectivity index (χ2n) is 11.3. The van der Waals surface area contributed by atoms with Crippen molar-refractivity contribution in [3.05, 3.63) is 59.7 Å². The molecule has 2 aromatic rings. The van der Waals surface area contributed by atoms with E-state index in [4.69, 9.17) is 28.4 Å². The SMILES string of the molecule is CC(=O)N[C@H]1[C@H](O[C@H](C)[C@H](NC(=O)OCC2c3ccccc3-c3ccccc32)C(=O)O)O[C@@H](COC(C)=O)[C@@H](OC(C)=O)[C@H]1OC(C)=O. The summed E-state index contributed by atoms with van der Waals surface area (Å²) in [5.41, 5.74) is 3.97. The minimum Gasteiger partial charge on any atom is -0.480 e. The lowest BCUT2D eigenvalue weighted by Gasteiger charge is -2.45. The summed E-state index contributed by atoms with van der Waals surface area (Å²) < 4.78 is 33.2. The Morgan fingerprint density at radius 1 is 0.792 bits per heavy atom. The van der Waals surface area contributed by atoms with Gasteiger partial charge in [0.1, 0.15) is 25.4 Å². The summed E-state index contributed by atoms with van der Waals surface area (Å²) in [4.78, 5) is 73.2. The zero-order chi connectivity index (χ0) is 35.1. The van der Waals surface area contributed by atoms with Crippen molar-refractivity contribution < 1.29 is 62.3 Å². The first-order valence-corrected chi connectivity index (χ1v) is 15.2. The average Bonchev–Trinajstić information content (AvgIpc) is 3.33. The Balaban J connectivity index is 1.52. The third-order valence-corrected chi connectivity index (χ3v) is 7.77. The van der Waals surface area contributed by atoms with Gasteiger partial charge in [-0.2, -0.15) is 0 Å². The standard InChI is InChI=1S/C33H38N2O13/c1-16(27(31(40)41)35-33(42)44-14-25-23-12-8-6-10-21(23)22-11-7-9-13-24(22)25)45-32-28(34-17(2)36)30(47-20(5)39)29(46-19(4)38)26(48-32)15-43-18(3)37/h6-13,16,25-30,32H,14-15H2,1-5H3,(H,34,36)(H,35,42)(H,40,41)/t16-,26+,27+,28-,29-,30+,32-/m1/s1. The van der Waals surface area contributed by atoms with Gasteiger partial charge in [-0.05, 0) is 29.2 Å². The van der Waals surface area contributed by atoms with Crippen molar-refractivity contribution in [3.8, 4) is 11.1 Å². The van der Waals surface area contributed by atoms with Crippen LogP contribution in [0.3, 0.4) is 0 Å². The molecule has 1 aliphatic carbocycles. The van der Waals surface area contributed by atoms with Crippen LogP contribution in [0.4, 0.5) is 4.79 Å². The van der Waals surface area contributed by atoms with Crippen LogP contribution in [0, 0.1) is 0 Å². The molecule has 0 unspecified atom stereocenters. The summed E-state index contributed by atoms with van der Waals surface area (Å²) in [5, 5.41) is 14.9. The number of carbonyl (C=O) groups excluding carboxylic acids is 5. The van der Waals surface area contributed by atoms with Gasteiger partial charge >= 0.3 is 30.0 Å². The van der Waals surface area contributed by atoms with Crippen LogP contribution in [0.15, 0.2) is 48.5 Å². The van der Waals surface area contributed by atoms with Crippen molar-refractivity contribution in [3.63, 3.8) is 0 Å². The Bertz CT molecular complexity index is 1500. The molecule has 0 radical (unpaired) electrons. The van der Waals surface area contributed by atoms with Crippen LogP contribution in [0.5, 0.6) is 0 Å². The van der Waals surface area contributed by atoms with E-state index in [0.29, 0.717) is 0 Å². The second kappa shape index (κ2) is 15.7. The van der Waals surface area contributed by atoms with Gasteiger partial charge in [0.15, 0.2) is 24.5 Å². The van der Waals surface area contributed by atoms with Gasteiger partial charge in [0.05, 0.1) is 6.10 Å². The number of rotatable bonds is 12. The predicted octanol–water partition coefficient (Wildman–Crippen LogP) is 2.04. The second-order valence-corrected chi connectivity index (χ2v) is 11.3. The lowest BCUT2D eigenvalue weighted by Crippen LogP contribution is -2.67. The van der Waals surface area contributed by atoms with Gasteiger partial charge in [0.25, 0.3) is 0 Å². The normalized spacial score (nSPS) is 22.6. The van der Waals surface area contributed by atoms with Crippen molar-refractivity contribution in [1.29, 1.82) is 0 Å². The summed E-state index contributed by atoms with van der Waals surface area (Å²) in [6.45, 7) is 5.26. The summed E-state index contributed by atoms with van der Waals surface area (Å²) >= 11 is 0. The number of carboxylic acids is 1. The number of carboxylic acid groups (broad SMARTS) is 1. The van der Waals surface area contributed by atoms with E-state index in [0.717, 1.165) is 49.9 Å². The van der Waals surface area contributed by atoms with E-state index in [1.54, 1.807) is 0 Å². The van der Waals surface area contributed by atoms with E-state index < -0.39 is 85.3 Å². The zero-order valence-corrected chi connectivity index (χ0v) is 27.0. The van der Waals surface area contributed by atoms with Crippen molar-refractivity contribution in [2.24, 2.45) is 0 Å². The van der Waals surface area contributed by atoms with E-state index >= 15 is 0 Å². The largest absolute Gasteiger partial charge is 0.480 e. The molecule has 258 valence electrons. The lowest BCUT2D eigenvalue weighted by atomic mass is 9.95. The highest BCUT2D eigenvalue weighted by Crippen LogP contribution is 2.44. The number of esters is 3. The van der Waals surface area contributed by atoms with Gasteiger partial charge in [-0.1, -0.05) is 48.5 Å². The predicted molar refractivity (Wildman–Crippen MR) is 164 cm³/mol. The highest BCUT2D eigenvalue weighted by Gasteiger charge is 2.52. The summed E-state index contributed by atoms with van der Waals surface area (Å²) in [7, 11) is 0. The molecule has 2 aliphatic rings. The molecule has 48 heavy (non-hydrogen) atoms. The van der Waals surface area contributed by atoms with Crippen LogP contribution in [0.1, 0.15) is 51.7 Å². The van der Waals surface area contributed by atoms with Gasteiger partial charge in [-0.15, -0.1) is 0 Å². The molecule has 0 aromatic heterocycles. The molecule has 0 spiro atoms. The number of nitrogens with one attached hydrogen (secondary N) is 2. The quantitative estimate of drug-likeness (QED) is 0.219. The van der Waals surface area contributed by atoms with E-state index in [-0.39, 0.29) is 12.5 Å². The average molecular weight is 671 g/mol. The molecule has 0 bridgehead atoms. The molecule has 1 saturated heterocycles. The first-order chi connectivity index (χ1) is 22.8. The van der Waals surface area contributed by atoms with E-state index in [1.807, 2.05) is 48.5 Å². The number of carbonyl (C=O) groups is 6. The first-order valence-electron chi connectivity index (χ1n) is 15.2. The number of fused-ring (bicyclic) bond motifs is 3. The lowest BCUT2D eigenvalue weighted by molar-refractivity contribution is -0.287. The molecule has 0 saturated carbocycles. The number of ether oxygens (including phenoxy) is 6. The maximum Gasteiger partial charge on any atom is 0.407 e. The third-order valence-electron chi connectivity index (χ3n) is 7.77. The summed E-state index contributed by atoms with van der Waals surface area (Å²) in [6, 6.07) is 12.4. The van der Waals surface area contributed by atoms with Crippen LogP contribution >= 0.6 is 0 Å². The van der Waals surface area contributed by atoms with Crippen molar-refractivity contribution >= 4 is 35.9 Å². The van der Waals surface area contributed by atoms with Gasteiger partial charge in [0.2, 0.25) is 5.91 Å². The Morgan fingerprint density at radius 3 is 1.88 bits per heavy atom. The zero-order valence-electron chi connectivity index (χ0n) is 27.0. The van der Waals surface area contributed by atoms with Crippen LogP contribution in [0.25, 0.3) is 11.1 Å². The summed E-state index contributed by atoms with van der Waals surface area (Å²) in [5.74, 6) is -4.67. The van der Waals surface area contributed by atoms with Crippen molar-refractivity contribution in [1.82, 2.24) is 10.6 Å². The fourth-order valence-corrected chi connectivity index (χ4v) is 5.84. The smallest absolute Gasteiger partial charge is 0.407 e. The third kappa shape index (κ3) is 8.66. The van der Waals surface area contributed by atoms with Crippen LogP contribution in [-0.2, 0) is 52.4 Å². The van der Waals surface area contributed by atoms with Gasteiger partial charge in [-0.3, -0.25) is 19.2 Å². The molecule has 2 amide bonds. The van der Waals surface area contributed by atoms with Crippen LogP contribution in [-0.4, -0.2) is 97.0 Å². The van der Waals surface area contributed by atoms with E-state index in [1.165, 1.54) is 6.92 Å². The molecule has 1 fully saturated rings.